The standard InChI is InChI=1S/C32H38N2O2/c1-31-18-9-14-26(31)24-15-16-28-32(2,27(24)17-19-31)20-25(29(35)33-23-12-7-4-8-13-23)30(36)34(28)21-22-10-5-3-6-11-22/h3-8,10-13,20,24,26-28H,9,14-19,21H2,1-2H3,(H,33,35)/t24-,26-,27+,28?,31-,32+/m0/s1. The largest absolute Gasteiger partial charge is 0.330 e. The molecule has 1 unspecified atom stereocenters. The summed E-state index contributed by atoms with van der Waals surface area (Å²) in [6, 6.07) is 19.8. The predicted octanol–water partition coefficient (Wildman–Crippen LogP) is 6.60. The number of amides is 2. The Kier molecular flexibility index (Phi) is 5.81. The average Bonchev–Trinajstić information content (AvgIpc) is 3.29. The number of benzene rings is 2. The molecule has 0 aromatic heterocycles. The first-order valence-corrected chi connectivity index (χ1v) is 13.8. The third kappa shape index (κ3) is 3.81. The molecule has 2 aromatic rings. The molecule has 3 fully saturated rings. The molecule has 4 nitrogen and oxygen atoms in total. The van der Waals surface area contributed by atoms with Crippen LogP contribution in [0.5, 0.6) is 0 Å². The lowest BCUT2D eigenvalue weighted by molar-refractivity contribution is -0.144. The van der Waals surface area contributed by atoms with Gasteiger partial charge in [0, 0.05) is 23.7 Å². The van der Waals surface area contributed by atoms with Crippen molar-refractivity contribution >= 4 is 17.5 Å². The molecule has 1 N–H and O–H groups in total. The number of nitrogens with one attached hydrogen (secondary N) is 1. The predicted molar refractivity (Wildman–Crippen MR) is 143 cm³/mol. The molecule has 0 spiro atoms. The highest BCUT2D eigenvalue weighted by molar-refractivity contribution is 6.23. The van der Waals surface area contributed by atoms with Gasteiger partial charge in [-0.25, -0.2) is 0 Å². The maximum absolute atomic E-state index is 13.9. The third-order valence-corrected chi connectivity index (χ3v) is 10.3. The van der Waals surface area contributed by atoms with Crippen LogP contribution in [-0.4, -0.2) is 22.8 Å². The maximum Gasteiger partial charge on any atom is 0.260 e. The number of hydrogen-bond donors (Lipinski definition) is 1. The van der Waals surface area contributed by atoms with Crippen molar-refractivity contribution in [2.45, 2.75) is 71.4 Å². The number of anilines is 1. The summed E-state index contributed by atoms with van der Waals surface area (Å²) in [6.07, 6.45) is 10.8. The fraction of sp³-hybridized carbons (Fsp3) is 0.500. The maximum atomic E-state index is 13.9. The Morgan fingerprint density at radius 3 is 2.39 bits per heavy atom. The van der Waals surface area contributed by atoms with E-state index in [0.717, 1.165) is 23.6 Å². The highest BCUT2D eigenvalue weighted by Gasteiger charge is 2.59. The summed E-state index contributed by atoms with van der Waals surface area (Å²) in [5, 5.41) is 3.00. The molecule has 0 radical (unpaired) electrons. The average molecular weight is 483 g/mol. The van der Waals surface area contributed by atoms with E-state index in [0.29, 0.717) is 29.4 Å². The summed E-state index contributed by atoms with van der Waals surface area (Å²) in [5.41, 5.74) is 2.44. The van der Waals surface area contributed by atoms with Crippen molar-refractivity contribution in [3.05, 3.63) is 77.9 Å². The van der Waals surface area contributed by atoms with Gasteiger partial charge < -0.3 is 10.2 Å². The number of nitrogens with zero attached hydrogens (tertiary/aromatic N) is 1. The van der Waals surface area contributed by atoms with E-state index in [-0.39, 0.29) is 23.3 Å². The summed E-state index contributed by atoms with van der Waals surface area (Å²) < 4.78 is 0. The van der Waals surface area contributed by atoms with Crippen LogP contribution in [0.2, 0.25) is 0 Å². The molecule has 4 aliphatic rings. The van der Waals surface area contributed by atoms with E-state index >= 15 is 0 Å². The zero-order valence-electron chi connectivity index (χ0n) is 21.6. The molecule has 3 saturated carbocycles. The fourth-order valence-electron chi connectivity index (χ4n) is 8.57. The Bertz CT molecular complexity index is 1180. The van der Waals surface area contributed by atoms with Gasteiger partial charge in [-0.1, -0.05) is 74.9 Å². The molecule has 2 amide bonds. The van der Waals surface area contributed by atoms with Crippen LogP contribution in [0, 0.1) is 28.6 Å². The summed E-state index contributed by atoms with van der Waals surface area (Å²) in [5.74, 6) is 1.57. The Balaban J connectivity index is 1.39. The summed E-state index contributed by atoms with van der Waals surface area (Å²) in [4.78, 5) is 29.5. The monoisotopic (exact) mass is 482 g/mol. The Labute approximate surface area is 215 Å². The van der Waals surface area contributed by atoms with Gasteiger partial charge in [0.15, 0.2) is 0 Å². The van der Waals surface area contributed by atoms with Gasteiger partial charge in [-0.05, 0) is 79.4 Å². The first kappa shape index (κ1) is 23.5. The van der Waals surface area contributed by atoms with Gasteiger partial charge >= 0.3 is 0 Å². The molecule has 3 aliphatic carbocycles. The van der Waals surface area contributed by atoms with Crippen LogP contribution in [0.3, 0.4) is 0 Å². The van der Waals surface area contributed by atoms with Gasteiger partial charge in [-0.3, -0.25) is 9.59 Å². The van der Waals surface area contributed by atoms with Gasteiger partial charge in [0.05, 0.1) is 0 Å². The molecular formula is C32H38N2O2. The van der Waals surface area contributed by atoms with Gasteiger partial charge in [0.25, 0.3) is 11.8 Å². The normalized spacial score (nSPS) is 35.3. The molecule has 0 bridgehead atoms. The molecule has 6 atom stereocenters. The van der Waals surface area contributed by atoms with Crippen LogP contribution in [0.15, 0.2) is 72.3 Å². The van der Waals surface area contributed by atoms with Gasteiger partial charge in [-0.2, -0.15) is 0 Å². The smallest absolute Gasteiger partial charge is 0.260 e. The van der Waals surface area contributed by atoms with Crippen molar-refractivity contribution in [3.63, 3.8) is 0 Å². The quantitative estimate of drug-likeness (QED) is 0.500. The van der Waals surface area contributed by atoms with Crippen molar-refractivity contribution < 1.29 is 9.59 Å². The van der Waals surface area contributed by atoms with E-state index in [2.05, 4.69) is 37.4 Å². The molecule has 36 heavy (non-hydrogen) atoms. The lowest BCUT2D eigenvalue weighted by Gasteiger charge is -2.60. The molecular weight excluding hydrogens is 444 g/mol. The van der Waals surface area contributed by atoms with Crippen molar-refractivity contribution in [1.82, 2.24) is 4.90 Å². The second-order valence-electron chi connectivity index (χ2n) is 12.2. The van der Waals surface area contributed by atoms with Gasteiger partial charge in [0.2, 0.25) is 0 Å². The number of hydrogen-bond acceptors (Lipinski definition) is 2. The lowest BCUT2D eigenvalue weighted by Crippen LogP contribution is -2.61. The molecule has 1 aliphatic heterocycles. The van der Waals surface area contributed by atoms with Crippen LogP contribution < -0.4 is 5.32 Å². The molecule has 2 aromatic carbocycles. The first-order valence-electron chi connectivity index (χ1n) is 13.8. The Hall–Kier alpha value is -2.88. The van der Waals surface area contributed by atoms with E-state index in [9.17, 15) is 9.59 Å². The van der Waals surface area contributed by atoms with Crippen LogP contribution in [0.25, 0.3) is 0 Å². The SMILES string of the molecule is C[C@@]12CCC[C@H]1[C@@H]1CCC3N(Cc4ccccc4)C(=O)C(C(=O)Nc4ccccc4)=C[C@]3(C)[C@@H]1CC2. The molecule has 1 heterocycles. The van der Waals surface area contributed by atoms with Crippen molar-refractivity contribution in [1.29, 1.82) is 0 Å². The summed E-state index contributed by atoms with van der Waals surface area (Å²) >= 11 is 0. The Morgan fingerprint density at radius 1 is 0.917 bits per heavy atom. The topological polar surface area (TPSA) is 49.4 Å². The fourth-order valence-corrected chi connectivity index (χ4v) is 8.57. The van der Waals surface area contributed by atoms with E-state index in [4.69, 9.17) is 0 Å². The third-order valence-electron chi connectivity index (χ3n) is 10.3. The van der Waals surface area contributed by atoms with Gasteiger partial charge in [-0.15, -0.1) is 0 Å². The second-order valence-corrected chi connectivity index (χ2v) is 12.2. The number of carbonyl (C=O) groups excluding carboxylic acids is 2. The van der Waals surface area contributed by atoms with Crippen molar-refractivity contribution in [3.8, 4) is 0 Å². The second kappa shape index (κ2) is 8.90. The molecule has 0 saturated heterocycles. The minimum atomic E-state index is -0.285. The highest BCUT2D eigenvalue weighted by Crippen LogP contribution is 2.64. The van der Waals surface area contributed by atoms with Crippen LogP contribution in [0.4, 0.5) is 5.69 Å². The zero-order chi connectivity index (χ0) is 24.9. The van der Waals surface area contributed by atoms with Crippen LogP contribution in [0.1, 0.15) is 64.4 Å². The number of fused-ring (bicyclic) bond motifs is 5. The van der Waals surface area contributed by atoms with E-state index in [1.54, 1.807) is 0 Å². The molecule has 4 heteroatoms. The number of carbonyl (C=O) groups is 2. The van der Waals surface area contributed by atoms with Crippen molar-refractivity contribution in [2.75, 3.05) is 5.32 Å². The van der Waals surface area contributed by atoms with Crippen LogP contribution >= 0.6 is 0 Å². The number of para-hydroxylation sites is 1. The van der Waals surface area contributed by atoms with E-state index in [1.165, 1.54) is 38.5 Å². The summed E-state index contributed by atoms with van der Waals surface area (Å²) in [7, 11) is 0. The van der Waals surface area contributed by atoms with Crippen molar-refractivity contribution in [2.24, 2.45) is 28.6 Å². The highest BCUT2D eigenvalue weighted by atomic mass is 16.2. The molecule has 188 valence electrons. The summed E-state index contributed by atoms with van der Waals surface area (Å²) in [6.45, 7) is 5.43. The lowest BCUT2D eigenvalue weighted by atomic mass is 9.48. The van der Waals surface area contributed by atoms with Crippen LogP contribution in [-0.2, 0) is 16.1 Å². The molecule has 6 rings (SSSR count). The Morgan fingerprint density at radius 2 is 1.64 bits per heavy atom. The zero-order valence-corrected chi connectivity index (χ0v) is 21.6. The minimum absolute atomic E-state index is 0.130. The van der Waals surface area contributed by atoms with Gasteiger partial charge in [0.1, 0.15) is 5.57 Å². The minimum Gasteiger partial charge on any atom is -0.330 e. The number of rotatable bonds is 4. The van der Waals surface area contributed by atoms with E-state index in [1.807, 2.05) is 53.4 Å². The first-order chi connectivity index (χ1) is 17.4. The van der Waals surface area contributed by atoms with E-state index < -0.39 is 0 Å².